The van der Waals surface area contributed by atoms with Crippen molar-refractivity contribution in [2.24, 2.45) is 5.92 Å². The highest BCUT2D eigenvalue weighted by molar-refractivity contribution is 9.10. The average Bonchev–Trinajstić information content (AvgIpc) is 3.47. The number of hydrogen-bond acceptors (Lipinski definition) is 5. The van der Waals surface area contributed by atoms with E-state index in [9.17, 15) is 19.7 Å². The van der Waals surface area contributed by atoms with Crippen molar-refractivity contribution in [3.05, 3.63) is 68.7 Å². The summed E-state index contributed by atoms with van der Waals surface area (Å²) in [6.45, 7) is 0. The third-order valence-corrected chi connectivity index (χ3v) is 4.56. The van der Waals surface area contributed by atoms with E-state index in [1.165, 1.54) is 18.2 Å². The van der Waals surface area contributed by atoms with Crippen molar-refractivity contribution in [3.8, 4) is 0 Å². The highest BCUT2D eigenvalue weighted by atomic mass is 79.9. The molecule has 1 N–H and O–H groups in total. The fourth-order valence-electron chi connectivity index (χ4n) is 2.35. The van der Waals surface area contributed by atoms with Crippen LogP contribution in [-0.2, 0) is 14.3 Å². The Bertz CT molecular complexity index is 852. The van der Waals surface area contributed by atoms with Crippen LogP contribution < -0.4 is 5.32 Å². The maximum Gasteiger partial charge on any atom is 0.310 e. The minimum Gasteiger partial charge on any atom is -0.447 e. The molecular weight excluding hydrogens is 404 g/mol. The van der Waals surface area contributed by atoms with Crippen molar-refractivity contribution >= 4 is 39.2 Å². The predicted octanol–water partition coefficient (Wildman–Crippen LogP) is 3.99. The first kappa shape index (κ1) is 18.1. The molecule has 1 amide bonds. The molecule has 0 bridgehead atoms. The van der Waals surface area contributed by atoms with E-state index in [-0.39, 0.29) is 11.6 Å². The number of carbonyl (C=O) groups is 2. The highest BCUT2D eigenvalue weighted by Gasteiger charge is 2.35. The minimum absolute atomic E-state index is 0.102. The number of nitro benzene ring substituents is 1. The van der Waals surface area contributed by atoms with E-state index >= 15 is 0 Å². The summed E-state index contributed by atoms with van der Waals surface area (Å²) in [5.41, 5.74) is 0.802. The SMILES string of the molecule is O=C(O[C@@H](C(=O)Nc1ccc([N+](=O)[O-])cc1Br)c1ccccc1)C1CC1. The molecule has 1 saturated carbocycles. The van der Waals surface area contributed by atoms with Gasteiger partial charge < -0.3 is 10.1 Å². The smallest absolute Gasteiger partial charge is 0.310 e. The first-order valence-electron chi connectivity index (χ1n) is 7.96. The van der Waals surface area contributed by atoms with Crippen LogP contribution in [0.3, 0.4) is 0 Å². The van der Waals surface area contributed by atoms with Gasteiger partial charge in [-0.25, -0.2) is 0 Å². The van der Waals surface area contributed by atoms with Gasteiger partial charge in [0.1, 0.15) is 0 Å². The summed E-state index contributed by atoms with van der Waals surface area (Å²) in [7, 11) is 0. The average molecular weight is 419 g/mol. The van der Waals surface area contributed by atoms with Gasteiger partial charge in [-0.2, -0.15) is 0 Å². The van der Waals surface area contributed by atoms with Crippen LogP contribution in [0.4, 0.5) is 11.4 Å². The standard InChI is InChI=1S/C18H15BrN2O5/c19-14-10-13(21(24)25)8-9-15(14)20-17(22)16(11-4-2-1-3-5-11)26-18(23)12-6-7-12/h1-5,8-10,12,16H,6-7H2,(H,20,22)/t16-/m1/s1. The number of hydrogen-bond donors (Lipinski definition) is 1. The second-order valence-corrected chi connectivity index (χ2v) is 6.77. The van der Waals surface area contributed by atoms with E-state index in [4.69, 9.17) is 4.74 Å². The molecule has 3 rings (SSSR count). The van der Waals surface area contributed by atoms with Gasteiger partial charge in [0.15, 0.2) is 0 Å². The Kier molecular flexibility index (Phi) is 5.32. The van der Waals surface area contributed by atoms with Crippen LogP contribution in [0, 0.1) is 16.0 Å². The van der Waals surface area contributed by atoms with Gasteiger partial charge in [-0.15, -0.1) is 0 Å². The lowest BCUT2D eigenvalue weighted by Gasteiger charge is -2.18. The normalized spacial score (nSPS) is 14.3. The maximum atomic E-state index is 12.7. The number of non-ortho nitro benzene ring substituents is 1. The van der Waals surface area contributed by atoms with Crippen molar-refractivity contribution in [2.75, 3.05) is 5.32 Å². The summed E-state index contributed by atoms with van der Waals surface area (Å²) in [6, 6.07) is 12.7. The monoisotopic (exact) mass is 418 g/mol. The van der Waals surface area contributed by atoms with Gasteiger partial charge in [0.25, 0.3) is 11.6 Å². The second kappa shape index (κ2) is 7.65. The van der Waals surface area contributed by atoms with Gasteiger partial charge >= 0.3 is 5.97 Å². The third-order valence-electron chi connectivity index (χ3n) is 3.91. The summed E-state index contributed by atoms with van der Waals surface area (Å²) in [6.07, 6.45) is 0.456. The zero-order valence-corrected chi connectivity index (χ0v) is 15.1. The molecule has 0 radical (unpaired) electrons. The Balaban J connectivity index is 1.81. The molecule has 1 fully saturated rings. The Labute approximate surface area is 157 Å². The van der Waals surface area contributed by atoms with Gasteiger partial charge in [0, 0.05) is 22.2 Å². The summed E-state index contributed by atoms with van der Waals surface area (Å²) in [5.74, 6) is -1.06. The Hall–Kier alpha value is -2.74. The van der Waals surface area contributed by atoms with Crippen molar-refractivity contribution in [3.63, 3.8) is 0 Å². The number of carbonyl (C=O) groups excluding carboxylic acids is 2. The third kappa shape index (κ3) is 4.26. The van der Waals surface area contributed by atoms with Gasteiger partial charge in [0.2, 0.25) is 6.10 Å². The summed E-state index contributed by atoms with van der Waals surface area (Å²) in [5, 5.41) is 13.5. The number of esters is 1. The zero-order chi connectivity index (χ0) is 18.7. The van der Waals surface area contributed by atoms with E-state index in [1.807, 2.05) is 0 Å². The predicted molar refractivity (Wildman–Crippen MR) is 97.4 cm³/mol. The van der Waals surface area contributed by atoms with E-state index in [0.717, 1.165) is 12.8 Å². The van der Waals surface area contributed by atoms with Crippen molar-refractivity contribution in [1.29, 1.82) is 0 Å². The van der Waals surface area contributed by atoms with E-state index in [2.05, 4.69) is 21.2 Å². The lowest BCUT2D eigenvalue weighted by molar-refractivity contribution is -0.384. The number of anilines is 1. The van der Waals surface area contributed by atoms with Crippen LogP contribution in [-0.4, -0.2) is 16.8 Å². The molecule has 0 aliphatic heterocycles. The fraction of sp³-hybridized carbons (Fsp3) is 0.222. The summed E-state index contributed by atoms with van der Waals surface area (Å²) >= 11 is 3.21. The largest absolute Gasteiger partial charge is 0.447 e. The first-order valence-corrected chi connectivity index (χ1v) is 8.75. The highest BCUT2D eigenvalue weighted by Crippen LogP contribution is 2.33. The quantitative estimate of drug-likeness (QED) is 0.434. The molecule has 1 atom stereocenters. The molecule has 2 aromatic carbocycles. The Morgan fingerprint density at radius 1 is 1.19 bits per heavy atom. The van der Waals surface area contributed by atoms with Crippen molar-refractivity contribution in [2.45, 2.75) is 18.9 Å². The van der Waals surface area contributed by atoms with Crippen LogP contribution in [0.1, 0.15) is 24.5 Å². The van der Waals surface area contributed by atoms with Crippen LogP contribution in [0.5, 0.6) is 0 Å². The van der Waals surface area contributed by atoms with Crippen LogP contribution in [0.25, 0.3) is 0 Å². The molecule has 0 saturated heterocycles. The number of benzene rings is 2. The lowest BCUT2D eigenvalue weighted by Crippen LogP contribution is -2.26. The van der Waals surface area contributed by atoms with E-state index in [0.29, 0.717) is 15.7 Å². The lowest BCUT2D eigenvalue weighted by atomic mass is 10.1. The molecular formula is C18H15BrN2O5. The zero-order valence-electron chi connectivity index (χ0n) is 13.6. The number of amides is 1. The van der Waals surface area contributed by atoms with Crippen molar-refractivity contribution in [1.82, 2.24) is 0 Å². The van der Waals surface area contributed by atoms with Crippen LogP contribution in [0.15, 0.2) is 53.0 Å². The van der Waals surface area contributed by atoms with Crippen LogP contribution >= 0.6 is 15.9 Å². The minimum atomic E-state index is -1.09. The number of nitrogens with one attached hydrogen (secondary N) is 1. The molecule has 1 aliphatic carbocycles. The molecule has 2 aromatic rings. The molecule has 7 nitrogen and oxygen atoms in total. The van der Waals surface area contributed by atoms with Gasteiger partial charge in [-0.3, -0.25) is 19.7 Å². The van der Waals surface area contributed by atoms with Crippen LogP contribution in [0.2, 0.25) is 0 Å². The first-order chi connectivity index (χ1) is 12.5. The molecule has 26 heavy (non-hydrogen) atoms. The molecule has 0 unspecified atom stereocenters. The van der Waals surface area contributed by atoms with E-state index in [1.54, 1.807) is 30.3 Å². The fourth-order valence-corrected chi connectivity index (χ4v) is 2.82. The molecule has 134 valence electrons. The second-order valence-electron chi connectivity index (χ2n) is 5.91. The number of ether oxygens (including phenoxy) is 1. The summed E-state index contributed by atoms with van der Waals surface area (Å²) in [4.78, 5) is 35.0. The number of rotatable bonds is 6. The number of nitro groups is 1. The number of nitrogens with zero attached hydrogens (tertiary/aromatic N) is 1. The topological polar surface area (TPSA) is 98.5 Å². The molecule has 0 heterocycles. The van der Waals surface area contributed by atoms with Gasteiger partial charge in [-0.05, 0) is 34.8 Å². The Morgan fingerprint density at radius 2 is 1.88 bits per heavy atom. The summed E-state index contributed by atoms with van der Waals surface area (Å²) < 4.78 is 5.78. The van der Waals surface area contributed by atoms with Gasteiger partial charge in [-0.1, -0.05) is 30.3 Å². The molecule has 1 aliphatic rings. The maximum absolute atomic E-state index is 12.7. The van der Waals surface area contributed by atoms with E-state index < -0.39 is 22.9 Å². The van der Waals surface area contributed by atoms with Crippen molar-refractivity contribution < 1.29 is 19.2 Å². The molecule has 0 spiro atoms. The number of halogens is 1. The van der Waals surface area contributed by atoms with Gasteiger partial charge in [0.05, 0.1) is 16.5 Å². The molecule has 0 aromatic heterocycles. The Morgan fingerprint density at radius 3 is 2.46 bits per heavy atom. The molecule has 8 heteroatoms.